The molecule has 0 amide bonds. The molecular formula is C39H25N5. The minimum Gasteiger partial charge on any atom is -0.292 e. The van der Waals surface area contributed by atoms with Crippen LogP contribution in [0.15, 0.2) is 152 Å². The van der Waals surface area contributed by atoms with Crippen molar-refractivity contribution in [1.29, 1.82) is 0 Å². The molecule has 9 aromatic rings. The molecule has 0 aliphatic carbocycles. The van der Waals surface area contributed by atoms with Gasteiger partial charge in [-0.2, -0.15) is 0 Å². The molecule has 44 heavy (non-hydrogen) atoms. The van der Waals surface area contributed by atoms with E-state index in [1.54, 1.807) is 0 Å². The van der Waals surface area contributed by atoms with Crippen molar-refractivity contribution in [3.63, 3.8) is 0 Å². The van der Waals surface area contributed by atoms with E-state index in [4.69, 9.17) is 15.0 Å². The lowest BCUT2D eigenvalue weighted by Crippen LogP contribution is -2.02. The molecule has 0 unspecified atom stereocenters. The van der Waals surface area contributed by atoms with Gasteiger partial charge in [0.05, 0.1) is 16.7 Å². The largest absolute Gasteiger partial charge is 0.292 e. The van der Waals surface area contributed by atoms with Crippen molar-refractivity contribution in [2.75, 3.05) is 0 Å². The van der Waals surface area contributed by atoms with Crippen LogP contribution in [0.1, 0.15) is 0 Å². The molecule has 0 aliphatic rings. The Bertz CT molecular complexity index is 2420. The first kappa shape index (κ1) is 24.5. The summed E-state index contributed by atoms with van der Waals surface area (Å²) in [5.41, 5.74) is 10.7. The Kier molecular flexibility index (Phi) is 5.43. The van der Waals surface area contributed by atoms with E-state index in [9.17, 15) is 0 Å². The Labute approximate surface area is 253 Å². The molecule has 0 aliphatic heterocycles. The molecule has 5 heteroatoms. The second-order valence-electron chi connectivity index (χ2n) is 10.9. The molecule has 0 radical (unpaired) electrons. The van der Waals surface area contributed by atoms with Gasteiger partial charge < -0.3 is 0 Å². The van der Waals surface area contributed by atoms with Crippen LogP contribution in [0.4, 0.5) is 0 Å². The predicted octanol–water partition coefficient (Wildman–Crippen LogP) is 9.40. The van der Waals surface area contributed by atoms with Crippen molar-refractivity contribution in [2.45, 2.75) is 0 Å². The Balaban J connectivity index is 1.41. The summed E-state index contributed by atoms with van der Waals surface area (Å²) >= 11 is 0. The molecule has 0 saturated heterocycles. The molecule has 0 spiro atoms. The zero-order valence-electron chi connectivity index (χ0n) is 23.7. The van der Waals surface area contributed by atoms with E-state index in [2.05, 4.69) is 143 Å². The number of fused-ring (bicyclic) bond motifs is 6. The average Bonchev–Trinajstić information content (AvgIpc) is 3.60. The molecule has 4 heterocycles. The first-order chi connectivity index (χ1) is 21.8. The maximum absolute atomic E-state index is 5.43. The standard InChI is InChI=1S/C39H25N5/c1-4-14-26(15-5-1)28-24-32(27-16-6-2-7-17-27)40-35(25-28)44-34-23-13-11-21-31(34)37-39(44)42-38-36(41-37)30-20-10-12-22-33(30)43(38)29-18-8-3-9-19-29/h1-25H. The van der Waals surface area contributed by atoms with Crippen molar-refractivity contribution in [2.24, 2.45) is 0 Å². The summed E-state index contributed by atoms with van der Waals surface area (Å²) in [4.78, 5) is 16.1. The van der Waals surface area contributed by atoms with Gasteiger partial charge in [0.2, 0.25) is 0 Å². The SMILES string of the molecule is c1ccc(-c2cc(-c3ccccc3)nc(-n3c4ccccc4c4nc5c6ccccc6n(-c6ccccc6)c5nc43)c2)cc1. The number of pyridine rings is 1. The molecule has 5 aromatic carbocycles. The monoisotopic (exact) mass is 563 g/mol. The Morgan fingerprint density at radius 3 is 1.57 bits per heavy atom. The van der Waals surface area contributed by atoms with Crippen LogP contribution < -0.4 is 0 Å². The molecule has 0 saturated carbocycles. The van der Waals surface area contributed by atoms with Gasteiger partial charge in [0, 0.05) is 22.0 Å². The van der Waals surface area contributed by atoms with E-state index in [0.717, 1.165) is 78.0 Å². The third kappa shape index (κ3) is 3.76. The fourth-order valence-electron chi connectivity index (χ4n) is 6.31. The molecule has 9 rings (SSSR count). The minimum absolute atomic E-state index is 0.774. The molecule has 5 nitrogen and oxygen atoms in total. The highest BCUT2D eigenvalue weighted by Crippen LogP contribution is 2.36. The van der Waals surface area contributed by atoms with E-state index in [0.29, 0.717) is 0 Å². The summed E-state index contributed by atoms with van der Waals surface area (Å²) in [6.07, 6.45) is 0. The van der Waals surface area contributed by atoms with E-state index < -0.39 is 0 Å². The summed E-state index contributed by atoms with van der Waals surface area (Å²) in [6.45, 7) is 0. The predicted molar refractivity (Wildman–Crippen MR) is 179 cm³/mol. The van der Waals surface area contributed by atoms with E-state index in [1.807, 2.05) is 18.2 Å². The summed E-state index contributed by atoms with van der Waals surface area (Å²) in [5, 5.41) is 2.12. The van der Waals surface area contributed by atoms with Crippen molar-refractivity contribution in [1.82, 2.24) is 24.1 Å². The topological polar surface area (TPSA) is 48.5 Å². The Hall–Kier alpha value is -6.07. The highest BCUT2D eigenvalue weighted by molar-refractivity contribution is 6.12. The number of hydrogen-bond acceptors (Lipinski definition) is 3. The smallest absolute Gasteiger partial charge is 0.168 e. The molecule has 4 aromatic heterocycles. The van der Waals surface area contributed by atoms with Gasteiger partial charge in [-0.15, -0.1) is 0 Å². The maximum atomic E-state index is 5.43. The van der Waals surface area contributed by atoms with E-state index >= 15 is 0 Å². The first-order valence-corrected chi connectivity index (χ1v) is 14.7. The second-order valence-corrected chi connectivity index (χ2v) is 10.9. The van der Waals surface area contributed by atoms with Crippen molar-refractivity contribution < 1.29 is 0 Å². The summed E-state index contributed by atoms with van der Waals surface area (Å²) in [5.74, 6) is 0.799. The number of aromatic nitrogens is 5. The lowest BCUT2D eigenvalue weighted by molar-refractivity contribution is 1.05. The van der Waals surface area contributed by atoms with Crippen molar-refractivity contribution >= 4 is 44.1 Å². The van der Waals surface area contributed by atoms with Crippen LogP contribution >= 0.6 is 0 Å². The molecule has 0 bridgehead atoms. The number of hydrogen-bond donors (Lipinski definition) is 0. The lowest BCUT2D eigenvalue weighted by Gasteiger charge is -2.12. The van der Waals surface area contributed by atoms with Gasteiger partial charge in [0.25, 0.3) is 0 Å². The lowest BCUT2D eigenvalue weighted by atomic mass is 10.0. The number of benzene rings is 5. The van der Waals surface area contributed by atoms with Crippen molar-refractivity contribution in [3.05, 3.63) is 152 Å². The van der Waals surface area contributed by atoms with Gasteiger partial charge in [-0.05, 0) is 47.5 Å². The Morgan fingerprint density at radius 1 is 0.386 bits per heavy atom. The average molecular weight is 564 g/mol. The zero-order chi connectivity index (χ0) is 29.0. The van der Waals surface area contributed by atoms with Gasteiger partial charge in [-0.1, -0.05) is 115 Å². The van der Waals surface area contributed by atoms with Crippen LogP contribution in [0.5, 0.6) is 0 Å². The van der Waals surface area contributed by atoms with Gasteiger partial charge in [-0.3, -0.25) is 9.13 Å². The van der Waals surface area contributed by atoms with Gasteiger partial charge in [0.1, 0.15) is 16.9 Å². The quantitative estimate of drug-likeness (QED) is 0.214. The van der Waals surface area contributed by atoms with Gasteiger partial charge in [-0.25, -0.2) is 15.0 Å². The van der Waals surface area contributed by atoms with Crippen LogP contribution in [0.2, 0.25) is 0 Å². The highest BCUT2D eigenvalue weighted by atomic mass is 15.2. The first-order valence-electron chi connectivity index (χ1n) is 14.7. The fourth-order valence-corrected chi connectivity index (χ4v) is 6.31. The normalized spacial score (nSPS) is 11.6. The molecule has 0 N–H and O–H groups in total. The van der Waals surface area contributed by atoms with Crippen LogP contribution in [0, 0.1) is 0 Å². The molecule has 0 atom stereocenters. The number of nitrogens with zero attached hydrogens (tertiary/aromatic N) is 5. The van der Waals surface area contributed by atoms with E-state index in [1.165, 1.54) is 0 Å². The number of para-hydroxylation sites is 3. The van der Waals surface area contributed by atoms with Crippen LogP contribution in [0.3, 0.4) is 0 Å². The second kappa shape index (κ2) is 9.75. The summed E-state index contributed by atoms with van der Waals surface area (Å²) in [6, 6.07) is 52.3. The van der Waals surface area contributed by atoms with Crippen LogP contribution in [0.25, 0.3) is 78.0 Å². The van der Waals surface area contributed by atoms with Crippen LogP contribution in [-0.2, 0) is 0 Å². The zero-order valence-corrected chi connectivity index (χ0v) is 23.7. The highest BCUT2D eigenvalue weighted by Gasteiger charge is 2.22. The van der Waals surface area contributed by atoms with Gasteiger partial charge in [0.15, 0.2) is 11.3 Å². The number of rotatable bonds is 4. The van der Waals surface area contributed by atoms with E-state index in [-0.39, 0.29) is 0 Å². The third-order valence-corrected chi connectivity index (χ3v) is 8.31. The van der Waals surface area contributed by atoms with Crippen molar-refractivity contribution in [3.8, 4) is 33.9 Å². The molecular weight excluding hydrogens is 538 g/mol. The third-order valence-electron chi connectivity index (χ3n) is 8.31. The molecule has 206 valence electrons. The Morgan fingerprint density at radius 2 is 0.909 bits per heavy atom. The maximum Gasteiger partial charge on any atom is 0.168 e. The fraction of sp³-hybridized carbons (Fsp3) is 0. The summed E-state index contributed by atoms with van der Waals surface area (Å²) in [7, 11) is 0. The molecule has 0 fully saturated rings. The summed E-state index contributed by atoms with van der Waals surface area (Å²) < 4.78 is 4.38. The van der Waals surface area contributed by atoms with Crippen LogP contribution in [-0.4, -0.2) is 24.1 Å². The van der Waals surface area contributed by atoms with Gasteiger partial charge >= 0.3 is 0 Å². The minimum atomic E-state index is 0.774.